The highest BCUT2D eigenvalue weighted by Crippen LogP contribution is 2.32. The molecule has 3 heteroatoms. The molecule has 0 unspecified atom stereocenters. The molecular formula is C14H12O3. The maximum atomic E-state index is 11.5. The largest absolute Gasteiger partial charge is 0.461 e. The zero-order chi connectivity index (χ0) is 12.2. The number of fused-ring (bicyclic) bond motifs is 3. The Balaban J connectivity index is 2.67. The Hall–Kier alpha value is -2.03. The molecule has 3 nitrogen and oxygen atoms in total. The molecule has 2 aromatic heterocycles. The molecule has 0 N–H and O–H groups in total. The lowest BCUT2D eigenvalue weighted by Crippen LogP contribution is -1.97. The first-order valence-electron chi connectivity index (χ1n) is 5.51. The minimum Gasteiger partial charge on any atom is -0.461 e. The predicted molar refractivity (Wildman–Crippen MR) is 66.5 cm³/mol. The van der Waals surface area contributed by atoms with Crippen molar-refractivity contribution in [1.29, 1.82) is 0 Å². The quantitative estimate of drug-likeness (QED) is 0.553. The summed E-state index contributed by atoms with van der Waals surface area (Å²) in [5.74, 6) is 0.858. The summed E-state index contributed by atoms with van der Waals surface area (Å²) in [5.41, 5.74) is 3.03. The van der Waals surface area contributed by atoms with Gasteiger partial charge in [0.1, 0.15) is 16.9 Å². The third kappa shape index (κ3) is 1.32. The van der Waals surface area contributed by atoms with Crippen LogP contribution in [0.5, 0.6) is 0 Å². The van der Waals surface area contributed by atoms with Crippen molar-refractivity contribution in [2.45, 2.75) is 20.8 Å². The molecule has 0 atom stereocenters. The zero-order valence-corrected chi connectivity index (χ0v) is 9.96. The smallest absolute Gasteiger partial charge is 0.336 e. The summed E-state index contributed by atoms with van der Waals surface area (Å²) < 4.78 is 11.0. The summed E-state index contributed by atoms with van der Waals surface area (Å²) in [6.07, 6.45) is 0. The van der Waals surface area contributed by atoms with Crippen LogP contribution in [0.3, 0.4) is 0 Å². The van der Waals surface area contributed by atoms with Gasteiger partial charge in [-0.3, -0.25) is 0 Å². The topological polar surface area (TPSA) is 43.4 Å². The molecule has 86 valence electrons. The number of hydrogen-bond donors (Lipinski definition) is 0. The highest BCUT2D eigenvalue weighted by molar-refractivity contribution is 6.05. The van der Waals surface area contributed by atoms with Gasteiger partial charge in [0, 0.05) is 17.0 Å². The molecule has 0 saturated carbocycles. The average molecular weight is 228 g/mol. The fraction of sp³-hybridized carbons (Fsp3) is 0.214. The summed E-state index contributed by atoms with van der Waals surface area (Å²) in [6.45, 7) is 5.80. The Labute approximate surface area is 97.7 Å². The number of benzene rings is 1. The van der Waals surface area contributed by atoms with Crippen molar-refractivity contribution >= 4 is 21.9 Å². The molecule has 0 bridgehead atoms. The SMILES string of the molecule is Cc1oc2ccc3c(C)cc(=O)oc3c2c1C. The van der Waals surface area contributed by atoms with Crippen molar-refractivity contribution in [2.75, 3.05) is 0 Å². The Morgan fingerprint density at radius 2 is 1.82 bits per heavy atom. The van der Waals surface area contributed by atoms with Gasteiger partial charge in [0.25, 0.3) is 0 Å². The lowest BCUT2D eigenvalue weighted by Gasteiger charge is -2.01. The van der Waals surface area contributed by atoms with Gasteiger partial charge in [-0.15, -0.1) is 0 Å². The molecule has 3 aromatic rings. The van der Waals surface area contributed by atoms with Crippen LogP contribution in [0.4, 0.5) is 0 Å². The van der Waals surface area contributed by atoms with E-state index in [2.05, 4.69) is 0 Å². The fourth-order valence-electron chi connectivity index (χ4n) is 2.22. The second kappa shape index (κ2) is 3.23. The number of hydrogen-bond acceptors (Lipinski definition) is 3. The third-order valence-corrected chi connectivity index (χ3v) is 3.25. The van der Waals surface area contributed by atoms with E-state index in [0.29, 0.717) is 5.58 Å². The molecule has 17 heavy (non-hydrogen) atoms. The lowest BCUT2D eigenvalue weighted by molar-refractivity contribution is 0.561. The molecule has 3 rings (SSSR count). The summed E-state index contributed by atoms with van der Waals surface area (Å²) in [6, 6.07) is 5.36. The van der Waals surface area contributed by atoms with Crippen LogP contribution in [0.15, 0.2) is 31.8 Å². The molecular weight excluding hydrogens is 216 g/mol. The van der Waals surface area contributed by atoms with Gasteiger partial charge in [0.15, 0.2) is 0 Å². The van der Waals surface area contributed by atoms with Gasteiger partial charge < -0.3 is 8.83 Å². The van der Waals surface area contributed by atoms with Crippen LogP contribution >= 0.6 is 0 Å². The minimum absolute atomic E-state index is 0.319. The van der Waals surface area contributed by atoms with Crippen molar-refractivity contribution in [1.82, 2.24) is 0 Å². The summed E-state index contributed by atoms with van der Waals surface area (Å²) in [7, 11) is 0. The van der Waals surface area contributed by atoms with Crippen LogP contribution in [0, 0.1) is 20.8 Å². The number of rotatable bonds is 0. The second-order valence-corrected chi connectivity index (χ2v) is 4.35. The van der Waals surface area contributed by atoms with Crippen molar-refractivity contribution in [3.63, 3.8) is 0 Å². The highest BCUT2D eigenvalue weighted by atomic mass is 16.4. The minimum atomic E-state index is -0.319. The van der Waals surface area contributed by atoms with Crippen LogP contribution in [0.2, 0.25) is 0 Å². The summed E-state index contributed by atoms with van der Waals surface area (Å²) in [5, 5.41) is 1.86. The fourth-order valence-corrected chi connectivity index (χ4v) is 2.22. The molecule has 0 saturated heterocycles. The number of furan rings is 1. The molecule has 1 aromatic carbocycles. The molecule has 0 aliphatic carbocycles. The first kappa shape index (κ1) is 10.1. The van der Waals surface area contributed by atoms with E-state index in [0.717, 1.165) is 33.2 Å². The van der Waals surface area contributed by atoms with Crippen molar-refractivity contribution in [3.8, 4) is 0 Å². The van der Waals surface area contributed by atoms with E-state index in [1.807, 2.05) is 32.9 Å². The Morgan fingerprint density at radius 3 is 2.59 bits per heavy atom. The molecule has 0 spiro atoms. The van der Waals surface area contributed by atoms with E-state index in [1.54, 1.807) is 0 Å². The molecule has 0 amide bonds. The maximum Gasteiger partial charge on any atom is 0.336 e. The highest BCUT2D eigenvalue weighted by Gasteiger charge is 2.13. The van der Waals surface area contributed by atoms with Crippen molar-refractivity contribution in [3.05, 3.63) is 45.5 Å². The Morgan fingerprint density at radius 1 is 1.06 bits per heavy atom. The first-order chi connectivity index (χ1) is 8.08. The van der Waals surface area contributed by atoms with E-state index in [9.17, 15) is 4.79 Å². The third-order valence-electron chi connectivity index (χ3n) is 3.25. The van der Waals surface area contributed by atoms with E-state index < -0.39 is 0 Å². The van der Waals surface area contributed by atoms with E-state index in [4.69, 9.17) is 8.83 Å². The average Bonchev–Trinajstić information content (AvgIpc) is 2.54. The Bertz CT molecular complexity index is 790. The molecule has 0 aliphatic heterocycles. The standard InChI is InChI=1S/C14H12O3/c1-7-6-12(15)17-14-10(7)4-5-11-13(14)8(2)9(3)16-11/h4-6H,1-3H3. The van der Waals surface area contributed by atoms with Gasteiger partial charge in [0.05, 0.1) is 5.39 Å². The van der Waals surface area contributed by atoms with Crippen LogP contribution in [0.1, 0.15) is 16.9 Å². The van der Waals surface area contributed by atoms with Crippen LogP contribution < -0.4 is 5.63 Å². The normalized spacial score (nSPS) is 11.5. The van der Waals surface area contributed by atoms with Gasteiger partial charge >= 0.3 is 5.63 Å². The summed E-state index contributed by atoms with van der Waals surface area (Å²) in [4.78, 5) is 11.5. The predicted octanol–water partition coefficient (Wildman–Crippen LogP) is 3.46. The van der Waals surface area contributed by atoms with Gasteiger partial charge in [-0.1, -0.05) is 0 Å². The van der Waals surface area contributed by atoms with E-state index in [-0.39, 0.29) is 5.63 Å². The first-order valence-corrected chi connectivity index (χ1v) is 5.51. The molecule has 0 fully saturated rings. The molecule has 2 heterocycles. The van der Waals surface area contributed by atoms with Crippen LogP contribution in [-0.2, 0) is 0 Å². The van der Waals surface area contributed by atoms with Crippen molar-refractivity contribution in [2.24, 2.45) is 0 Å². The molecule has 0 radical (unpaired) electrons. The Kier molecular flexibility index (Phi) is 1.93. The second-order valence-electron chi connectivity index (χ2n) is 4.35. The van der Waals surface area contributed by atoms with Crippen LogP contribution in [-0.4, -0.2) is 0 Å². The van der Waals surface area contributed by atoms with Crippen LogP contribution in [0.25, 0.3) is 21.9 Å². The van der Waals surface area contributed by atoms with Gasteiger partial charge in [-0.25, -0.2) is 4.79 Å². The summed E-state index contributed by atoms with van der Waals surface area (Å²) >= 11 is 0. The molecule has 0 aliphatic rings. The maximum absolute atomic E-state index is 11.5. The van der Waals surface area contributed by atoms with Crippen molar-refractivity contribution < 1.29 is 8.83 Å². The van der Waals surface area contributed by atoms with E-state index >= 15 is 0 Å². The van der Waals surface area contributed by atoms with Gasteiger partial charge in [0.2, 0.25) is 0 Å². The zero-order valence-electron chi connectivity index (χ0n) is 9.96. The monoisotopic (exact) mass is 228 g/mol. The lowest BCUT2D eigenvalue weighted by atomic mass is 10.1. The van der Waals surface area contributed by atoms with Gasteiger partial charge in [-0.2, -0.15) is 0 Å². The number of aryl methyl sites for hydroxylation is 3. The van der Waals surface area contributed by atoms with E-state index in [1.165, 1.54) is 6.07 Å². The van der Waals surface area contributed by atoms with Gasteiger partial charge in [-0.05, 0) is 38.5 Å².